The summed E-state index contributed by atoms with van der Waals surface area (Å²) in [5.74, 6) is 0.806. The van der Waals surface area contributed by atoms with Crippen molar-refractivity contribution in [2.24, 2.45) is 4.99 Å². The predicted octanol–water partition coefficient (Wildman–Crippen LogP) is 3.88. The lowest BCUT2D eigenvalue weighted by molar-refractivity contribution is -0.0504. The van der Waals surface area contributed by atoms with Crippen LogP contribution >= 0.6 is 35.3 Å². The van der Waals surface area contributed by atoms with Gasteiger partial charge in [-0.1, -0.05) is 18.2 Å². The lowest BCUT2D eigenvalue weighted by Gasteiger charge is -2.21. The zero-order valence-electron chi connectivity index (χ0n) is 14.2. The molecule has 0 atom stereocenters. The molecule has 2 rings (SSSR count). The number of para-hydroxylation sites is 1. The highest BCUT2D eigenvalue weighted by molar-refractivity contribution is 14.0. The molecule has 1 N–H and O–H groups in total. The van der Waals surface area contributed by atoms with Crippen molar-refractivity contribution in [3.05, 3.63) is 45.9 Å². The molecule has 9 heteroatoms. The van der Waals surface area contributed by atoms with Crippen molar-refractivity contribution in [1.29, 1.82) is 0 Å². The Bertz CT molecular complexity index is 696. The molecule has 0 spiro atoms. The maximum atomic E-state index is 12.5. The molecule has 0 radical (unpaired) electrons. The van der Waals surface area contributed by atoms with Crippen LogP contribution in [0.5, 0.6) is 5.75 Å². The lowest BCUT2D eigenvalue weighted by Crippen LogP contribution is -2.38. The number of aliphatic imine (C=N–C) groups is 1. The Morgan fingerprint density at radius 3 is 2.72 bits per heavy atom. The van der Waals surface area contributed by atoms with Gasteiger partial charge in [0.25, 0.3) is 0 Å². The standard InChI is InChI=1S/C16H20F2N4OS.HI/c1-11-21-13(10-24-11)9-22(3)16(19-2)20-8-12-6-4-5-7-14(12)23-15(17)18;/h4-7,10,15H,8-9H2,1-3H3,(H,19,20);1H. The summed E-state index contributed by atoms with van der Waals surface area (Å²) < 4.78 is 29.4. The quantitative estimate of drug-likeness (QED) is 0.386. The molecular weight excluding hydrogens is 461 g/mol. The van der Waals surface area contributed by atoms with Gasteiger partial charge in [-0.3, -0.25) is 4.99 Å². The number of alkyl halides is 2. The van der Waals surface area contributed by atoms with Crippen LogP contribution in [0.2, 0.25) is 0 Å². The first-order valence-corrected chi connectivity index (χ1v) is 8.23. The average molecular weight is 482 g/mol. The van der Waals surface area contributed by atoms with Gasteiger partial charge in [0.2, 0.25) is 0 Å². The van der Waals surface area contributed by atoms with E-state index in [1.54, 1.807) is 36.6 Å². The Balaban J connectivity index is 0.00000312. The summed E-state index contributed by atoms with van der Waals surface area (Å²) in [5, 5.41) is 6.17. The fourth-order valence-corrected chi connectivity index (χ4v) is 2.82. The van der Waals surface area contributed by atoms with Gasteiger partial charge in [-0.2, -0.15) is 8.78 Å². The largest absolute Gasteiger partial charge is 0.434 e. The van der Waals surface area contributed by atoms with Crippen LogP contribution in [0.1, 0.15) is 16.3 Å². The molecule has 1 heterocycles. The van der Waals surface area contributed by atoms with Gasteiger partial charge in [0.15, 0.2) is 5.96 Å². The van der Waals surface area contributed by atoms with Gasteiger partial charge in [-0.15, -0.1) is 35.3 Å². The van der Waals surface area contributed by atoms with Crippen molar-refractivity contribution in [3.63, 3.8) is 0 Å². The highest BCUT2D eigenvalue weighted by Gasteiger charge is 2.12. The van der Waals surface area contributed by atoms with E-state index in [1.165, 1.54) is 6.07 Å². The topological polar surface area (TPSA) is 49.8 Å². The first-order chi connectivity index (χ1) is 11.5. The molecule has 0 saturated carbocycles. The first-order valence-electron chi connectivity index (χ1n) is 7.35. The van der Waals surface area contributed by atoms with Gasteiger partial charge in [0.05, 0.1) is 17.2 Å². The molecule has 0 aliphatic rings. The van der Waals surface area contributed by atoms with Gasteiger partial charge in [-0.05, 0) is 13.0 Å². The number of thiazole rings is 1. The van der Waals surface area contributed by atoms with Crippen molar-refractivity contribution in [2.75, 3.05) is 14.1 Å². The van der Waals surface area contributed by atoms with Crippen LogP contribution < -0.4 is 10.1 Å². The number of halogens is 3. The van der Waals surface area contributed by atoms with Crippen molar-refractivity contribution in [1.82, 2.24) is 15.2 Å². The Morgan fingerprint density at radius 2 is 2.12 bits per heavy atom. The zero-order chi connectivity index (χ0) is 17.5. The maximum Gasteiger partial charge on any atom is 0.387 e. The minimum absolute atomic E-state index is 0. The Morgan fingerprint density at radius 1 is 1.40 bits per heavy atom. The Labute approximate surface area is 167 Å². The molecule has 0 amide bonds. The molecule has 1 aromatic carbocycles. The molecular formula is C16H21F2IN4OS. The summed E-state index contributed by atoms with van der Waals surface area (Å²) in [6.45, 7) is 0.0529. The third-order valence-electron chi connectivity index (χ3n) is 3.26. The van der Waals surface area contributed by atoms with Gasteiger partial charge in [0, 0.05) is 31.6 Å². The predicted molar refractivity (Wildman–Crippen MR) is 107 cm³/mol. The molecule has 0 bridgehead atoms. The molecule has 138 valence electrons. The molecule has 0 fully saturated rings. The number of hydrogen-bond donors (Lipinski definition) is 1. The molecule has 2 aromatic rings. The van der Waals surface area contributed by atoms with E-state index < -0.39 is 6.61 Å². The number of ether oxygens (including phenoxy) is 1. The normalized spacial score (nSPS) is 11.2. The van der Waals surface area contributed by atoms with Gasteiger partial charge in [-0.25, -0.2) is 4.98 Å². The smallest absolute Gasteiger partial charge is 0.387 e. The molecule has 25 heavy (non-hydrogen) atoms. The lowest BCUT2D eigenvalue weighted by atomic mass is 10.2. The second-order valence-electron chi connectivity index (χ2n) is 5.10. The third kappa shape index (κ3) is 6.73. The minimum atomic E-state index is -2.85. The fourth-order valence-electron chi connectivity index (χ4n) is 2.22. The summed E-state index contributed by atoms with van der Waals surface area (Å²) >= 11 is 1.60. The van der Waals surface area contributed by atoms with Crippen molar-refractivity contribution < 1.29 is 13.5 Å². The summed E-state index contributed by atoms with van der Waals surface area (Å²) in [6, 6.07) is 6.70. The van der Waals surface area contributed by atoms with E-state index in [0.717, 1.165) is 10.7 Å². The summed E-state index contributed by atoms with van der Waals surface area (Å²) in [7, 11) is 3.57. The Kier molecular flexibility index (Phi) is 9.04. The van der Waals surface area contributed by atoms with Gasteiger partial charge in [0.1, 0.15) is 5.75 Å². The highest BCUT2D eigenvalue weighted by atomic mass is 127. The second kappa shape index (κ2) is 10.5. The van der Waals surface area contributed by atoms with Crippen LogP contribution in [0, 0.1) is 6.92 Å². The molecule has 0 saturated heterocycles. The second-order valence-corrected chi connectivity index (χ2v) is 6.16. The molecule has 5 nitrogen and oxygen atoms in total. The highest BCUT2D eigenvalue weighted by Crippen LogP contribution is 2.20. The maximum absolute atomic E-state index is 12.5. The van der Waals surface area contributed by atoms with E-state index in [-0.39, 0.29) is 29.7 Å². The van der Waals surface area contributed by atoms with Crippen molar-refractivity contribution in [3.8, 4) is 5.75 Å². The molecule has 1 aromatic heterocycles. The molecule has 0 aliphatic carbocycles. The number of aromatic nitrogens is 1. The number of guanidine groups is 1. The monoisotopic (exact) mass is 482 g/mol. The van der Waals surface area contributed by atoms with Crippen molar-refractivity contribution in [2.45, 2.75) is 26.6 Å². The number of rotatable bonds is 6. The van der Waals surface area contributed by atoms with E-state index in [9.17, 15) is 8.78 Å². The number of hydrogen-bond acceptors (Lipinski definition) is 4. The van der Waals surface area contributed by atoms with Gasteiger partial charge >= 0.3 is 6.61 Å². The number of benzene rings is 1. The van der Waals surface area contributed by atoms with Crippen LogP contribution in [0.25, 0.3) is 0 Å². The van der Waals surface area contributed by atoms with E-state index in [0.29, 0.717) is 24.6 Å². The minimum Gasteiger partial charge on any atom is -0.434 e. The van der Waals surface area contributed by atoms with E-state index >= 15 is 0 Å². The average Bonchev–Trinajstić information content (AvgIpc) is 2.94. The number of nitrogens with zero attached hydrogens (tertiary/aromatic N) is 3. The van der Waals surface area contributed by atoms with Crippen LogP contribution in [-0.2, 0) is 13.1 Å². The number of nitrogens with one attached hydrogen (secondary N) is 1. The summed E-state index contributed by atoms with van der Waals surface area (Å²) in [4.78, 5) is 10.6. The van der Waals surface area contributed by atoms with Crippen LogP contribution in [-0.4, -0.2) is 36.6 Å². The SMILES string of the molecule is CN=C(NCc1ccccc1OC(F)F)N(C)Cc1csc(C)n1.I. The zero-order valence-corrected chi connectivity index (χ0v) is 17.3. The third-order valence-corrected chi connectivity index (χ3v) is 4.09. The fraction of sp³-hybridized carbons (Fsp3) is 0.375. The van der Waals surface area contributed by atoms with E-state index in [1.807, 2.05) is 24.3 Å². The summed E-state index contributed by atoms with van der Waals surface area (Å²) in [5.41, 5.74) is 1.60. The molecule has 0 aliphatic heterocycles. The van der Waals surface area contributed by atoms with E-state index in [4.69, 9.17) is 0 Å². The Hall–Kier alpha value is -1.49. The van der Waals surface area contributed by atoms with Crippen LogP contribution in [0.3, 0.4) is 0 Å². The van der Waals surface area contributed by atoms with Crippen molar-refractivity contribution >= 4 is 41.3 Å². The number of aryl methyl sites for hydroxylation is 1. The first kappa shape index (κ1) is 21.6. The van der Waals surface area contributed by atoms with Crippen LogP contribution in [0.15, 0.2) is 34.6 Å². The van der Waals surface area contributed by atoms with Gasteiger partial charge < -0.3 is 15.0 Å². The summed E-state index contributed by atoms with van der Waals surface area (Å²) in [6.07, 6.45) is 0. The van der Waals surface area contributed by atoms with E-state index in [2.05, 4.69) is 20.0 Å². The molecule has 0 unspecified atom stereocenters. The van der Waals surface area contributed by atoms with Crippen LogP contribution in [0.4, 0.5) is 8.78 Å².